The van der Waals surface area contributed by atoms with E-state index in [1.807, 2.05) is 0 Å². The van der Waals surface area contributed by atoms with E-state index in [1.54, 1.807) is 5.57 Å². The number of rotatable bonds is 2. The Morgan fingerprint density at radius 3 is 2.73 bits per heavy atom. The van der Waals surface area contributed by atoms with E-state index >= 15 is 0 Å². The quantitative estimate of drug-likeness (QED) is 0.528. The molecule has 0 N–H and O–H groups in total. The molecule has 0 saturated heterocycles. The maximum absolute atomic E-state index is 2.48. The van der Waals surface area contributed by atoms with Crippen LogP contribution in [0, 0.1) is 11.8 Å². The average Bonchev–Trinajstić information content (AvgIpc) is 2.03. The van der Waals surface area contributed by atoms with Gasteiger partial charge in [-0.2, -0.15) is 0 Å². The van der Waals surface area contributed by atoms with Crippen molar-refractivity contribution in [3.8, 4) is 0 Å². The molecule has 0 radical (unpaired) electrons. The van der Waals surface area contributed by atoms with Crippen LogP contribution in [0.2, 0.25) is 0 Å². The third-order valence-corrected chi connectivity index (χ3v) is 2.81. The lowest BCUT2D eigenvalue weighted by Gasteiger charge is -2.25. The van der Waals surface area contributed by atoms with E-state index in [1.165, 1.54) is 25.7 Å². The SMILES string of the molecule is CCC1=CC(C)CC(CC)C1. The largest absolute Gasteiger partial charge is 0.0825 e. The molecular weight excluding hydrogens is 132 g/mol. The average molecular weight is 152 g/mol. The zero-order valence-electron chi connectivity index (χ0n) is 8.06. The minimum absolute atomic E-state index is 0.837. The minimum Gasteiger partial charge on any atom is -0.0825 e. The molecule has 64 valence electrons. The maximum Gasteiger partial charge on any atom is -0.0257 e. The molecule has 0 spiro atoms. The van der Waals surface area contributed by atoms with Gasteiger partial charge in [-0.05, 0) is 31.1 Å². The smallest absolute Gasteiger partial charge is 0.0257 e. The lowest BCUT2D eigenvalue weighted by Crippen LogP contribution is -2.11. The summed E-state index contributed by atoms with van der Waals surface area (Å²) in [6.07, 6.45) is 7.89. The molecular formula is C11H20. The van der Waals surface area contributed by atoms with Gasteiger partial charge in [-0.25, -0.2) is 0 Å². The molecule has 0 heterocycles. The Hall–Kier alpha value is -0.260. The molecule has 0 nitrogen and oxygen atoms in total. The van der Waals surface area contributed by atoms with Gasteiger partial charge in [-0.3, -0.25) is 0 Å². The van der Waals surface area contributed by atoms with Crippen molar-refractivity contribution in [2.45, 2.75) is 46.5 Å². The van der Waals surface area contributed by atoms with Gasteiger partial charge >= 0.3 is 0 Å². The van der Waals surface area contributed by atoms with Crippen LogP contribution < -0.4 is 0 Å². The van der Waals surface area contributed by atoms with Gasteiger partial charge in [0.15, 0.2) is 0 Å². The molecule has 0 aromatic heterocycles. The predicted octanol–water partition coefficient (Wildman–Crippen LogP) is 3.78. The van der Waals surface area contributed by atoms with Crippen LogP contribution in [0.15, 0.2) is 11.6 Å². The van der Waals surface area contributed by atoms with Crippen molar-refractivity contribution in [1.82, 2.24) is 0 Å². The molecule has 0 fully saturated rings. The first-order valence-corrected chi connectivity index (χ1v) is 4.95. The molecule has 11 heavy (non-hydrogen) atoms. The number of hydrogen-bond acceptors (Lipinski definition) is 0. The Kier molecular flexibility index (Phi) is 3.16. The first-order chi connectivity index (χ1) is 5.26. The van der Waals surface area contributed by atoms with Crippen LogP contribution in [0.3, 0.4) is 0 Å². The molecule has 0 bridgehead atoms. The van der Waals surface area contributed by atoms with Crippen LogP contribution in [0.25, 0.3) is 0 Å². The molecule has 1 aliphatic carbocycles. The topological polar surface area (TPSA) is 0 Å². The van der Waals surface area contributed by atoms with E-state index < -0.39 is 0 Å². The summed E-state index contributed by atoms with van der Waals surface area (Å²) in [7, 11) is 0. The van der Waals surface area contributed by atoms with E-state index in [4.69, 9.17) is 0 Å². The van der Waals surface area contributed by atoms with Crippen molar-refractivity contribution in [2.75, 3.05) is 0 Å². The lowest BCUT2D eigenvalue weighted by atomic mass is 9.81. The summed E-state index contributed by atoms with van der Waals surface area (Å²) in [5.41, 5.74) is 1.69. The summed E-state index contributed by atoms with van der Waals surface area (Å²) in [4.78, 5) is 0. The van der Waals surface area contributed by atoms with Crippen molar-refractivity contribution in [3.05, 3.63) is 11.6 Å². The highest BCUT2D eigenvalue weighted by Gasteiger charge is 2.16. The summed E-state index contributed by atoms with van der Waals surface area (Å²) in [6, 6.07) is 0. The standard InChI is InChI=1S/C11H20/c1-4-10-6-9(3)7-11(5-2)8-10/h6,9,11H,4-5,7-8H2,1-3H3. The van der Waals surface area contributed by atoms with E-state index in [-0.39, 0.29) is 0 Å². The van der Waals surface area contributed by atoms with Crippen molar-refractivity contribution >= 4 is 0 Å². The second kappa shape index (κ2) is 3.94. The van der Waals surface area contributed by atoms with Gasteiger partial charge in [-0.15, -0.1) is 0 Å². The highest BCUT2D eigenvalue weighted by Crippen LogP contribution is 2.31. The van der Waals surface area contributed by atoms with Crippen LogP contribution in [-0.2, 0) is 0 Å². The molecule has 0 aliphatic heterocycles. The molecule has 2 atom stereocenters. The summed E-state index contributed by atoms with van der Waals surface area (Å²) >= 11 is 0. The summed E-state index contributed by atoms with van der Waals surface area (Å²) in [5, 5.41) is 0. The van der Waals surface area contributed by atoms with Crippen molar-refractivity contribution in [1.29, 1.82) is 0 Å². The second-order valence-corrected chi connectivity index (χ2v) is 3.87. The number of hydrogen-bond donors (Lipinski definition) is 0. The molecule has 0 heteroatoms. The zero-order valence-corrected chi connectivity index (χ0v) is 8.06. The molecule has 1 aliphatic rings. The third kappa shape index (κ3) is 2.36. The Morgan fingerprint density at radius 1 is 1.45 bits per heavy atom. The van der Waals surface area contributed by atoms with Crippen LogP contribution >= 0.6 is 0 Å². The van der Waals surface area contributed by atoms with E-state index in [2.05, 4.69) is 26.8 Å². The van der Waals surface area contributed by atoms with Gasteiger partial charge in [-0.1, -0.05) is 38.8 Å². The van der Waals surface area contributed by atoms with E-state index in [9.17, 15) is 0 Å². The summed E-state index contributed by atoms with van der Waals surface area (Å²) < 4.78 is 0. The molecule has 0 aromatic rings. The van der Waals surface area contributed by atoms with Gasteiger partial charge in [0.05, 0.1) is 0 Å². The minimum atomic E-state index is 0.837. The molecule has 0 saturated carbocycles. The molecule has 0 aromatic carbocycles. The Bertz CT molecular complexity index is 144. The maximum atomic E-state index is 2.48. The van der Waals surface area contributed by atoms with Gasteiger partial charge in [0.25, 0.3) is 0 Å². The fourth-order valence-electron chi connectivity index (χ4n) is 2.09. The van der Waals surface area contributed by atoms with Crippen molar-refractivity contribution < 1.29 is 0 Å². The molecule has 0 amide bonds. The lowest BCUT2D eigenvalue weighted by molar-refractivity contribution is 0.389. The van der Waals surface area contributed by atoms with Gasteiger partial charge in [0.2, 0.25) is 0 Å². The van der Waals surface area contributed by atoms with Crippen LogP contribution in [-0.4, -0.2) is 0 Å². The Balaban J connectivity index is 2.54. The predicted molar refractivity (Wildman–Crippen MR) is 50.6 cm³/mol. The highest BCUT2D eigenvalue weighted by atomic mass is 14.2. The summed E-state index contributed by atoms with van der Waals surface area (Å²) in [5.74, 6) is 1.81. The van der Waals surface area contributed by atoms with Crippen LogP contribution in [0.1, 0.15) is 46.5 Å². The van der Waals surface area contributed by atoms with Crippen molar-refractivity contribution in [2.24, 2.45) is 11.8 Å². The fraction of sp³-hybridized carbons (Fsp3) is 0.818. The zero-order chi connectivity index (χ0) is 8.27. The second-order valence-electron chi connectivity index (χ2n) is 3.87. The third-order valence-electron chi connectivity index (χ3n) is 2.81. The molecule has 1 rings (SSSR count). The Morgan fingerprint density at radius 2 is 2.18 bits per heavy atom. The Labute approximate surface area is 70.7 Å². The van der Waals surface area contributed by atoms with Gasteiger partial charge in [0.1, 0.15) is 0 Å². The highest BCUT2D eigenvalue weighted by molar-refractivity contribution is 5.08. The normalized spacial score (nSPS) is 31.7. The summed E-state index contributed by atoms with van der Waals surface area (Å²) in [6.45, 7) is 6.93. The monoisotopic (exact) mass is 152 g/mol. The first kappa shape index (κ1) is 8.83. The fourth-order valence-corrected chi connectivity index (χ4v) is 2.09. The molecule has 2 unspecified atom stereocenters. The van der Waals surface area contributed by atoms with E-state index in [0.29, 0.717) is 0 Å². The van der Waals surface area contributed by atoms with Crippen LogP contribution in [0.5, 0.6) is 0 Å². The van der Waals surface area contributed by atoms with Gasteiger partial charge < -0.3 is 0 Å². The van der Waals surface area contributed by atoms with E-state index in [0.717, 1.165) is 11.8 Å². The van der Waals surface area contributed by atoms with Gasteiger partial charge in [0, 0.05) is 0 Å². The van der Waals surface area contributed by atoms with Crippen LogP contribution in [0.4, 0.5) is 0 Å². The first-order valence-electron chi connectivity index (χ1n) is 4.95. The van der Waals surface area contributed by atoms with Crippen molar-refractivity contribution in [3.63, 3.8) is 0 Å². The number of allylic oxidation sites excluding steroid dienone is 2.